The van der Waals surface area contributed by atoms with Gasteiger partial charge < -0.3 is 9.32 Å². The Balaban J connectivity index is 2.05. The van der Waals surface area contributed by atoms with Gasteiger partial charge in [-0.1, -0.05) is 0 Å². The number of hydrogen-bond donors (Lipinski definition) is 0. The lowest BCUT2D eigenvalue weighted by Crippen LogP contribution is -2.37. The van der Waals surface area contributed by atoms with Crippen molar-refractivity contribution in [3.8, 4) is 0 Å². The molecule has 0 radical (unpaired) electrons. The van der Waals surface area contributed by atoms with Gasteiger partial charge in [0.15, 0.2) is 10.4 Å². The monoisotopic (exact) mass is 364 g/mol. The van der Waals surface area contributed by atoms with Gasteiger partial charge >= 0.3 is 0 Å². The van der Waals surface area contributed by atoms with E-state index < -0.39 is 10.0 Å². The van der Waals surface area contributed by atoms with Crippen LogP contribution >= 0.6 is 15.9 Å². The number of carbonyl (C=O) groups excluding carboxylic acids is 1. The first-order valence-electron chi connectivity index (χ1n) is 6.46. The molecule has 0 spiro atoms. The Labute approximate surface area is 126 Å². The third kappa shape index (κ3) is 3.42. The molecule has 2 heterocycles. The standard InChI is InChI=1S/C12H17BrN2O4S/c1-2-20(17,18)15-7-3-6-14(8-9-15)12(16)10-4-5-11(13)19-10/h4-5H,2-3,6-9H2,1H3. The number of halogens is 1. The number of furan rings is 1. The van der Waals surface area contributed by atoms with Gasteiger partial charge in [-0.2, -0.15) is 0 Å². The van der Waals surface area contributed by atoms with Crippen LogP contribution < -0.4 is 0 Å². The quantitative estimate of drug-likeness (QED) is 0.815. The summed E-state index contributed by atoms with van der Waals surface area (Å²) in [5.41, 5.74) is 0. The van der Waals surface area contributed by atoms with Crippen molar-refractivity contribution in [2.45, 2.75) is 13.3 Å². The van der Waals surface area contributed by atoms with Crippen LogP contribution in [0.5, 0.6) is 0 Å². The van der Waals surface area contributed by atoms with Gasteiger partial charge in [0.1, 0.15) is 0 Å². The van der Waals surface area contributed by atoms with E-state index in [1.54, 1.807) is 24.0 Å². The Kier molecular flexibility index (Phi) is 4.87. The molecule has 0 aliphatic carbocycles. The van der Waals surface area contributed by atoms with E-state index in [1.807, 2.05) is 0 Å². The molecule has 2 rings (SSSR count). The molecule has 20 heavy (non-hydrogen) atoms. The first-order chi connectivity index (χ1) is 9.44. The van der Waals surface area contributed by atoms with Crippen LogP contribution in [0.4, 0.5) is 0 Å². The van der Waals surface area contributed by atoms with Crippen molar-refractivity contribution in [3.05, 3.63) is 22.6 Å². The molecule has 0 unspecified atom stereocenters. The number of nitrogens with zero attached hydrogens (tertiary/aromatic N) is 2. The highest BCUT2D eigenvalue weighted by Gasteiger charge is 2.26. The minimum atomic E-state index is -3.19. The molecule has 8 heteroatoms. The third-order valence-corrected chi connectivity index (χ3v) is 5.59. The first kappa shape index (κ1) is 15.5. The summed E-state index contributed by atoms with van der Waals surface area (Å²) in [5, 5.41) is 0. The zero-order chi connectivity index (χ0) is 14.8. The van der Waals surface area contributed by atoms with E-state index in [-0.39, 0.29) is 17.4 Å². The fraction of sp³-hybridized carbons (Fsp3) is 0.583. The van der Waals surface area contributed by atoms with Crippen molar-refractivity contribution < 1.29 is 17.6 Å². The number of carbonyl (C=O) groups is 1. The predicted molar refractivity (Wildman–Crippen MR) is 78.0 cm³/mol. The zero-order valence-corrected chi connectivity index (χ0v) is 13.6. The normalized spacial score (nSPS) is 18.0. The summed E-state index contributed by atoms with van der Waals surface area (Å²) in [4.78, 5) is 13.9. The van der Waals surface area contributed by atoms with Gasteiger partial charge in [-0.3, -0.25) is 4.79 Å². The third-order valence-electron chi connectivity index (χ3n) is 3.28. The molecule has 1 fully saturated rings. The van der Waals surface area contributed by atoms with Crippen molar-refractivity contribution in [1.29, 1.82) is 0 Å². The van der Waals surface area contributed by atoms with Gasteiger partial charge in [0.05, 0.1) is 5.75 Å². The predicted octanol–water partition coefficient (Wildman–Crippen LogP) is 1.54. The van der Waals surface area contributed by atoms with Crippen LogP contribution in [-0.4, -0.2) is 55.5 Å². The van der Waals surface area contributed by atoms with Gasteiger partial charge in [-0.15, -0.1) is 0 Å². The lowest BCUT2D eigenvalue weighted by Gasteiger charge is -2.20. The van der Waals surface area contributed by atoms with Crippen LogP contribution in [0.3, 0.4) is 0 Å². The van der Waals surface area contributed by atoms with Crippen LogP contribution in [0.25, 0.3) is 0 Å². The number of hydrogen-bond acceptors (Lipinski definition) is 4. The van der Waals surface area contributed by atoms with Gasteiger partial charge in [0.2, 0.25) is 10.0 Å². The molecule has 1 aromatic heterocycles. The van der Waals surface area contributed by atoms with Gasteiger partial charge in [0, 0.05) is 26.2 Å². The number of sulfonamides is 1. The summed E-state index contributed by atoms with van der Waals surface area (Å²) >= 11 is 3.16. The van der Waals surface area contributed by atoms with Crippen LogP contribution in [-0.2, 0) is 10.0 Å². The van der Waals surface area contributed by atoms with Gasteiger partial charge in [-0.05, 0) is 41.4 Å². The minimum absolute atomic E-state index is 0.0894. The summed E-state index contributed by atoms with van der Waals surface area (Å²) in [7, 11) is -3.19. The Hall–Kier alpha value is -0.860. The highest BCUT2D eigenvalue weighted by molar-refractivity contribution is 9.10. The molecule has 112 valence electrons. The summed E-state index contributed by atoms with van der Waals surface area (Å²) < 4.78 is 30.9. The van der Waals surface area contributed by atoms with Crippen LogP contribution in [0, 0.1) is 0 Å². The molecule has 1 saturated heterocycles. The average Bonchev–Trinajstić information content (AvgIpc) is 2.71. The Morgan fingerprint density at radius 3 is 2.65 bits per heavy atom. The lowest BCUT2D eigenvalue weighted by molar-refractivity contribution is 0.0731. The van der Waals surface area contributed by atoms with Crippen molar-refractivity contribution in [3.63, 3.8) is 0 Å². The SMILES string of the molecule is CCS(=O)(=O)N1CCCN(C(=O)c2ccc(Br)o2)CC1. The van der Waals surface area contributed by atoms with Crippen molar-refractivity contribution in [1.82, 2.24) is 9.21 Å². The molecule has 0 aromatic carbocycles. The molecule has 1 aliphatic heterocycles. The average molecular weight is 365 g/mol. The van der Waals surface area contributed by atoms with Crippen LogP contribution in [0.15, 0.2) is 21.2 Å². The second-order valence-electron chi connectivity index (χ2n) is 4.55. The van der Waals surface area contributed by atoms with Crippen molar-refractivity contribution >= 4 is 31.9 Å². The molecular weight excluding hydrogens is 348 g/mol. The van der Waals surface area contributed by atoms with E-state index in [9.17, 15) is 13.2 Å². The molecule has 1 aromatic rings. The summed E-state index contributed by atoms with van der Waals surface area (Å²) in [5.74, 6) is 0.154. The lowest BCUT2D eigenvalue weighted by atomic mass is 10.3. The molecule has 0 bridgehead atoms. The molecular formula is C12H17BrN2O4S. The van der Waals surface area contributed by atoms with E-state index in [0.29, 0.717) is 37.3 Å². The molecule has 0 N–H and O–H groups in total. The number of rotatable bonds is 3. The molecule has 1 aliphatic rings. The van der Waals surface area contributed by atoms with E-state index in [4.69, 9.17) is 4.42 Å². The van der Waals surface area contributed by atoms with Crippen LogP contribution in [0.2, 0.25) is 0 Å². The van der Waals surface area contributed by atoms with E-state index in [1.165, 1.54) is 4.31 Å². The largest absolute Gasteiger partial charge is 0.444 e. The van der Waals surface area contributed by atoms with E-state index in [2.05, 4.69) is 15.9 Å². The van der Waals surface area contributed by atoms with Crippen molar-refractivity contribution in [2.24, 2.45) is 0 Å². The molecule has 0 saturated carbocycles. The maximum absolute atomic E-state index is 12.2. The smallest absolute Gasteiger partial charge is 0.289 e. The highest BCUT2D eigenvalue weighted by atomic mass is 79.9. The maximum Gasteiger partial charge on any atom is 0.289 e. The minimum Gasteiger partial charge on any atom is -0.444 e. The Morgan fingerprint density at radius 2 is 2.05 bits per heavy atom. The zero-order valence-electron chi connectivity index (χ0n) is 11.2. The topological polar surface area (TPSA) is 70.8 Å². The molecule has 6 nitrogen and oxygen atoms in total. The second kappa shape index (κ2) is 6.28. The highest BCUT2D eigenvalue weighted by Crippen LogP contribution is 2.17. The fourth-order valence-corrected chi connectivity index (χ4v) is 3.58. The Bertz CT molecular complexity index is 584. The summed E-state index contributed by atoms with van der Waals surface area (Å²) in [6, 6.07) is 3.27. The van der Waals surface area contributed by atoms with Gasteiger partial charge in [-0.25, -0.2) is 12.7 Å². The Morgan fingerprint density at radius 1 is 1.30 bits per heavy atom. The fourth-order valence-electron chi connectivity index (χ4n) is 2.14. The molecule has 1 amide bonds. The number of amides is 1. The maximum atomic E-state index is 12.2. The second-order valence-corrected chi connectivity index (χ2v) is 7.59. The van der Waals surface area contributed by atoms with E-state index in [0.717, 1.165) is 0 Å². The van der Waals surface area contributed by atoms with Gasteiger partial charge in [0.25, 0.3) is 5.91 Å². The molecule has 0 atom stereocenters. The summed E-state index contributed by atoms with van der Waals surface area (Å²) in [6.45, 7) is 3.35. The van der Waals surface area contributed by atoms with Crippen molar-refractivity contribution in [2.75, 3.05) is 31.9 Å². The van der Waals surface area contributed by atoms with E-state index >= 15 is 0 Å². The first-order valence-corrected chi connectivity index (χ1v) is 8.86. The summed E-state index contributed by atoms with van der Waals surface area (Å²) in [6.07, 6.45) is 0.632. The van der Waals surface area contributed by atoms with Crippen LogP contribution in [0.1, 0.15) is 23.9 Å².